The lowest BCUT2D eigenvalue weighted by molar-refractivity contribution is 0.479. The summed E-state index contributed by atoms with van der Waals surface area (Å²) in [5.41, 5.74) is 3.53. The van der Waals surface area contributed by atoms with Crippen LogP contribution >= 0.6 is 0 Å². The number of benzene rings is 1. The Morgan fingerprint density at radius 1 is 1.29 bits per heavy atom. The third-order valence-electron chi connectivity index (χ3n) is 3.99. The topological polar surface area (TPSA) is 29.9 Å². The first-order chi connectivity index (χ1) is 10.1. The van der Waals surface area contributed by atoms with E-state index in [1.807, 2.05) is 30.1 Å². The van der Waals surface area contributed by atoms with Crippen LogP contribution in [0.1, 0.15) is 49.0 Å². The SMILES string of the molecule is CCCCC(NCc1cnn(C)c1C)c1ccc(F)cc1. The molecule has 21 heavy (non-hydrogen) atoms. The number of nitrogens with one attached hydrogen (secondary N) is 1. The molecule has 0 radical (unpaired) electrons. The van der Waals surface area contributed by atoms with Crippen LogP contribution in [0.4, 0.5) is 4.39 Å². The number of aryl methyl sites for hydroxylation is 1. The quantitative estimate of drug-likeness (QED) is 0.838. The summed E-state index contributed by atoms with van der Waals surface area (Å²) in [6.45, 7) is 5.04. The smallest absolute Gasteiger partial charge is 0.123 e. The van der Waals surface area contributed by atoms with Gasteiger partial charge in [-0.2, -0.15) is 5.10 Å². The van der Waals surface area contributed by atoms with Crippen LogP contribution in [0.25, 0.3) is 0 Å². The largest absolute Gasteiger partial charge is 0.306 e. The zero-order chi connectivity index (χ0) is 15.2. The molecule has 1 aromatic carbocycles. The summed E-state index contributed by atoms with van der Waals surface area (Å²) in [6, 6.07) is 7.07. The molecule has 1 atom stereocenters. The van der Waals surface area contributed by atoms with Crippen LogP contribution in [0.3, 0.4) is 0 Å². The van der Waals surface area contributed by atoms with Gasteiger partial charge in [-0.25, -0.2) is 4.39 Å². The fraction of sp³-hybridized carbons (Fsp3) is 0.471. The molecule has 2 rings (SSSR count). The lowest BCUT2D eigenvalue weighted by atomic mass is 10.0. The van der Waals surface area contributed by atoms with Crippen molar-refractivity contribution in [1.82, 2.24) is 15.1 Å². The molecular formula is C17H24FN3. The molecule has 0 saturated carbocycles. The number of halogens is 1. The first-order valence-corrected chi connectivity index (χ1v) is 7.58. The lowest BCUT2D eigenvalue weighted by Gasteiger charge is -2.19. The van der Waals surface area contributed by atoms with Crippen LogP contribution in [-0.2, 0) is 13.6 Å². The van der Waals surface area contributed by atoms with Crippen molar-refractivity contribution in [2.24, 2.45) is 7.05 Å². The zero-order valence-corrected chi connectivity index (χ0v) is 13.1. The molecule has 1 unspecified atom stereocenters. The van der Waals surface area contributed by atoms with Crippen LogP contribution in [-0.4, -0.2) is 9.78 Å². The number of aromatic nitrogens is 2. The Morgan fingerprint density at radius 2 is 2.00 bits per heavy atom. The standard InChI is InChI=1S/C17H24FN3/c1-4-5-6-17(14-7-9-16(18)10-8-14)19-11-15-12-20-21(3)13(15)2/h7-10,12,17,19H,4-6,11H2,1-3H3. The van der Waals surface area contributed by atoms with Crippen molar-refractivity contribution in [3.63, 3.8) is 0 Å². The van der Waals surface area contributed by atoms with Crippen molar-refractivity contribution in [3.05, 3.63) is 53.1 Å². The van der Waals surface area contributed by atoms with E-state index in [4.69, 9.17) is 0 Å². The predicted molar refractivity (Wildman–Crippen MR) is 83.5 cm³/mol. The Hall–Kier alpha value is -1.68. The van der Waals surface area contributed by atoms with E-state index in [1.54, 1.807) is 0 Å². The Kier molecular flexibility index (Phi) is 5.51. The van der Waals surface area contributed by atoms with Crippen LogP contribution in [0.15, 0.2) is 30.5 Å². The molecule has 4 heteroatoms. The molecule has 1 aromatic heterocycles. The lowest BCUT2D eigenvalue weighted by Crippen LogP contribution is -2.21. The monoisotopic (exact) mass is 289 g/mol. The molecule has 0 aliphatic carbocycles. The van der Waals surface area contributed by atoms with Gasteiger partial charge in [0.05, 0.1) is 6.20 Å². The minimum absolute atomic E-state index is 0.184. The van der Waals surface area contributed by atoms with Gasteiger partial charge in [0.25, 0.3) is 0 Å². The first kappa shape index (κ1) is 15.7. The van der Waals surface area contributed by atoms with Crippen molar-refractivity contribution >= 4 is 0 Å². The minimum atomic E-state index is -0.184. The highest BCUT2D eigenvalue weighted by atomic mass is 19.1. The Morgan fingerprint density at radius 3 is 2.57 bits per heavy atom. The second kappa shape index (κ2) is 7.36. The number of unbranched alkanes of at least 4 members (excludes halogenated alkanes) is 1. The molecule has 1 heterocycles. The maximum absolute atomic E-state index is 13.1. The van der Waals surface area contributed by atoms with Crippen molar-refractivity contribution in [2.45, 2.75) is 45.7 Å². The summed E-state index contributed by atoms with van der Waals surface area (Å²) in [5.74, 6) is -0.184. The number of nitrogens with zero attached hydrogens (tertiary/aromatic N) is 2. The molecule has 0 spiro atoms. The average molecular weight is 289 g/mol. The highest BCUT2D eigenvalue weighted by Crippen LogP contribution is 2.21. The van der Waals surface area contributed by atoms with E-state index in [9.17, 15) is 4.39 Å². The van der Waals surface area contributed by atoms with E-state index < -0.39 is 0 Å². The summed E-state index contributed by atoms with van der Waals surface area (Å²) in [7, 11) is 1.95. The minimum Gasteiger partial charge on any atom is -0.306 e. The fourth-order valence-electron chi connectivity index (χ4n) is 2.44. The average Bonchev–Trinajstić information content (AvgIpc) is 2.80. The molecular weight excluding hydrogens is 265 g/mol. The van der Waals surface area contributed by atoms with Gasteiger partial charge in [-0.05, 0) is 31.0 Å². The van der Waals surface area contributed by atoms with Crippen molar-refractivity contribution in [1.29, 1.82) is 0 Å². The van der Waals surface area contributed by atoms with E-state index in [-0.39, 0.29) is 11.9 Å². The van der Waals surface area contributed by atoms with Crippen LogP contribution < -0.4 is 5.32 Å². The van der Waals surface area contributed by atoms with Gasteiger partial charge in [-0.15, -0.1) is 0 Å². The first-order valence-electron chi connectivity index (χ1n) is 7.58. The molecule has 0 fully saturated rings. The van der Waals surface area contributed by atoms with Crippen molar-refractivity contribution < 1.29 is 4.39 Å². The molecule has 1 N–H and O–H groups in total. The Balaban J connectivity index is 2.05. The molecule has 0 bridgehead atoms. The molecule has 3 nitrogen and oxygen atoms in total. The van der Waals surface area contributed by atoms with E-state index in [2.05, 4.69) is 24.3 Å². The predicted octanol–water partition coefficient (Wildman–Crippen LogP) is 3.89. The summed E-state index contributed by atoms with van der Waals surface area (Å²) in [4.78, 5) is 0. The van der Waals surface area contributed by atoms with E-state index in [1.165, 1.54) is 23.4 Å². The fourth-order valence-corrected chi connectivity index (χ4v) is 2.44. The summed E-state index contributed by atoms with van der Waals surface area (Å²) in [5, 5.41) is 7.85. The summed E-state index contributed by atoms with van der Waals surface area (Å²) in [6.07, 6.45) is 5.28. The number of hydrogen-bond donors (Lipinski definition) is 1. The zero-order valence-electron chi connectivity index (χ0n) is 13.1. The highest BCUT2D eigenvalue weighted by molar-refractivity contribution is 5.21. The molecule has 114 valence electrons. The van der Waals surface area contributed by atoms with Gasteiger partial charge in [0.15, 0.2) is 0 Å². The molecule has 0 aliphatic rings. The molecule has 0 aliphatic heterocycles. The molecule has 0 saturated heterocycles. The van der Waals surface area contributed by atoms with Gasteiger partial charge >= 0.3 is 0 Å². The highest BCUT2D eigenvalue weighted by Gasteiger charge is 2.12. The molecule has 2 aromatic rings. The van der Waals surface area contributed by atoms with E-state index in [0.717, 1.165) is 31.4 Å². The van der Waals surface area contributed by atoms with Gasteiger partial charge in [0, 0.05) is 30.9 Å². The Bertz CT molecular complexity index is 560. The van der Waals surface area contributed by atoms with Crippen molar-refractivity contribution in [2.75, 3.05) is 0 Å². The van der Waals surface area contributed by atoms with Gasteiger partial charge in [0.1, 0.15) is 5.82 Å². The third kappa shape index (κ3) is 4.14. The number of hydrogen-bond acceptors (Lipinski definition) is 2. The van der Waals surface area contributed by atoms with Crippen LogP contribution in [0.5, 0.6) is 0 Å². The molecule has 0 amide bonds. The maximum Gasteiger partial charge on any atom is 0.123 e. The van der Waals surface area contributed by atoms with E-state index in [0.29, 0.717) is 0 Å². The van der Waals surface area contributed by atoms with Crippen LogP contribution in [0, 0.1) is 12.7 Å². The van der Waals surface area contributed by atoms with E-state index >= 15 is 0 Å². The van der Waals surface area contributed by atoms with Gasteiger partial charge in [-0.1, -0.05) is 31.9 Å². The van der Waals surface area contributed by atoms with Crippen LogP contribution in [0.2, 0.25) is 0 Å². The third-order valence-corrected chi connectivity index (χ3v) is 3.99. The summed E-state index contributed by atoms with van der Waals surface area (Å²) < 4.78 is 15.0. The van der Waals surface area contributed by atoms with Crippen molar-refractivity contribution in [3.8, 4) is 0 Å². The normalized spacial score (nSPS) is 12.6. The Labute approximate surface area is 126 Å². The van der Waals surface area contributed by atoms with Gasteiger partial charge in [0.2, 0.25) is 0 Å². The van der Waals surface area contributed by atoms with Gasteiger partial charge < -0.3 is 5.32 Å². The number of rotatable bonds is 7. The second-order valence-electron chi connectivity index (χ2n) is 5.51. The summed E-state index contributed by atoms with van der Waals surface area (Å²) >= 11 is 0. The van der Waals surface area contributed by atoms with Gasteiger partial charge in [-0.3, -0.25) is 4.68 Å². The maximum atomic E-state index is 13.1. The second-order valence-corrected chi connectivity index (χ2v) is 5.51.